The molecule has 0 radical (unpaired) electrons. The average molecular weight is 412 g/mol. The Labute approximate surface area is 169 Å². The Balaban J connectivity index is 1.58. The molecule has 4 aromatic rings. The number of hydrogen-bond donors (Lipinski definition) is 0. The molecule has 5 rings (SSSR count). The van der Waals surface area contributed by atoms with E-state index < -0.39 is 11.6 Å². The zero-order valence-electron chi connectivity index (χ0n) is 16.2. The van der Waals surface area contributed by atoms with Gasteiger partial charge >= 0.3 is 0 Å². The molecule has 0 amide bonds. The van der Waals surface area contributed by atoms with E-state index in [0.717, 1.165) is 37.7 Å². The van der Waals surface area contributed by atoms with Gasteiger partial charge in [-0.05, 0) is 25.0 Å². The summed E-state index contributed by atoms with van der Waals surface area (Å²) in [7, 11) is 1.77. The molecular formula is C19H18F2N8O. The minimum atomic E-state index is -0.741. The minimum absolute atomic E-state index is 0.0997. The number of ether oxygens (including phenoxy) is 1. The van der Waals surface area contributed by atoms with Crippen molar-refractivity contribution in [1.82, 2.24) is 34.6 Å². The third kappa shape index (κ3) is 3.31. The Morgan fingerprint density at radius 2 is 1.90 bits per heavy atom. The third-order valence-electron chi connectivity index (χ3n) is 4.94. The summed E-state index contributed by atoms with van der Waals surface area (Å²) in [6.07, 6.45) is 3.74. The quantitative estimate of drug-likeness (QED) is 0.497. The maximum Gasteiger partial charge on any atom is 0.256 e. The highest BCUT2D eigenvalue weighted by Crippen LogP contribution is 2.32. The second-order valence-corrected chi connectivity index (χ2v) is 7.07. The van der Waals surface area contributed by atoms with Crippen LogP contribution in [0.4, 0.5) is 14.5 Å². The van der Waals surface area contributed by atoms with Crippen LogP contribution >= 0.6 is 0 Å². The predicted octanol–water partition coefficient (Wildman–Crippen LogP) is 2.38. The first kappa shape index (κ1) is 18.4. The van der Waals surface area contributed by atoms with Gasteiger partial charge in [-0.1, -0.05) is 0 Å². The molecule has 11 heteroatoms. The first-order valence-electron chi connectivity index (χ1n) is 9.52. The van der Waals surface area contributed by atoms with E-state index in [1.54, 1.807) is 18.1 Å². The van der Waals surface area contributed by atoms with Gasteiger partial charge in [0.05, 0.1) is 5.56 Å². The largest absolute Gasteiger partial charge is 0.467 e. The molecule has 9 nitrogen and oxygen atoms in total. The lowest BCUT2D eigenvalue weighted by Crippen LogP contribution is -2.20. The molecule has 0 saturated carbocycles. The molecule has 1 aliphatic rings. The van der Waals surface area contributed by atoms with E-state index in [4.69, 9.17) is 4.74 Å². The Morgan fingerprint density at radius 1 is 1.07 bits per heavy atom. The van der Waals surface area contributed by atoms with E-state index >= 15 is 0 Å². The number of halogens is 2. The topological polar surface area (TPSA) is 86.3 Å². The summed E-state index contributed by atoms with van der Waals surface area (Å²) in [5, 5.41) is 17.0. The molecule has 1 aliphatic heterocycles. The van der Waals surface area contributed by atoms with Gasteiger partial charge in [-0.2, -0.15) is 9.61 Å². The van der Waals surface area contributed by atoms with Gasteiger partial charge < -0.3 is 9.64 Å². The molecule has 4 heterocycles. The lowest BCUT2D eigenvalue weighted by molar-refractivity contribution is 0.280. The van der Waals surface area contributed by atoms with Crippen molar-refractivity contribution in [3.63, 3.8) is 0 Å². The summed E-state index contributed by atoms with van der Waals surface area (Å²) in [6, 6.07) is 5.11. The van der Waals surface area contributed by atoms with Crippen LogP contribution in [0.2, 0.25) is 0 Å². The fourth-order valence-electron chi connectivity index (χ4n) is 3.52. The molecule has 0 unspecified atom stereocenters. The second-order valence-electron chi connectivity index (χ2n) is 7.07. The normalized spacial score (nSPS) is 14.0. The van der Waals surface area contributed by atoms with Gasteiger partial charge in [-0.25, -0.2) is 13.8 Å². The Bertz CT molecular complexity index is 1210. The van der Waals surface area contributed by atoms with Crippen LogP contribution in [0.5, 0.6) is 5.88 Å². The molecular weight excluding hydrogens is 394 g/mol. The van der Waals surface area contributed by atoms with Crippen LogP contribution in [0.25, 0.3) is 17.0 Å². The van der Waals surface area contributed by atoms with Crippen LogP contribution in [0.15, 0.2) is 30.6 Å². The van der Waals surface area contributed by atoms with Crippen molar-refractivity contribution >= 4 is 11.3 Å². The first-order chi connectivity index (χ1) is 14.6. The number of fused-ring (bicyclic) bond motifs is 1. The van der Waals surface area contributed by atoms with Crippen LogP contribution in [0.3, 0.4) is 0 Å². The fourth-order valence-corrected chi connectivity index (χ4v) is 3.52. The summed E-state index contributed by atoms with van der Waals surface area (Å²) >= 11 is 0. The van der Waals surface area contributed by atoms with Gasteiger partial charge in [-0.15, -0.1) is 15.3 Å². The van der Waals surface area contributed by atoms with E-state index in [1.165, 1.54) is 16.6 Å². The number of anilines is 1. The zero-order chi connectivity index (χ0) is 20.7. The number of rotatable bonds is 5. The highest BCUT2D eigenvalue weighted by atomic mass is 19.1. The molecule has 0 atom stereocenters. The number of aryl methyl sites for hydroxylation is 1. The van der Waals surface area contributed by atoms with Gasteiger partial charge in [0.2, 0.25) is 0 Å². The van der Waals surface area contributed by atoms with Gasteiger partial charge in [-0.3, -0.25) is 4.68 Å². The average Bonchev–Trinajstić information content (AvgIpc) is 3.47. The second kappa shape index (κ2) is 7.32. The van der Waals surface area contributed by atoms with Crippen LogP contribution < -0.4 is 9.64 Å². The monoisotopic (exact) mass is 412 g/mol. The Kier molecular flexibility index (Phi) is 4.49. The Morgan fingerprint density at radius 3 is 2.63 bits per heavy atom. The standard InChI is InChI=1S/C19H18F2N8O/c1-27-11-22-16(25-27)10-30-19-15(28-6-2-3-7-28)9-17-23-24-18(29(17)26-19)13-5-4-12(20)8-14(13)21/h4-5,8-9,11H,2-3,6-7,10H2,1H3. The molecule has 154 valence electrons. The van der Waals surface area contributed by atoms with Crippen molar-refractivity contribution in [2.24, 2.45) is 7.05 Å². The van der Waals surface area contributed by atoms with Crippen molar-refractivity contribution in [3.8, 4) is 17.3 Å². The van der Waals surface area contributed by atoms with Crippen molar-refractivity contribution < 1.29 is 13.5 Å². The van der Waals surface area contributed by atoms with Gasteiger partial charge in [0.25, 0.3) is 5.88 Å². The molecule has 1 aromatic carbocycles. The SMILES string of the molecule is Cn1cnc(COc2nn3c(-c4ccc(F)cc4F)nnc3cc2N2CCCC2)n1. The van der Waals surface area contributed by atoms with Gasteiger partial charge in [0, 0.05) is 32.3 Å². The predicted molar refractivity (Wildman–Crippen MR) is 103 cm³/mol. The summed E-state index contributed by atoms with van der Waals surface area (Å²) in [5.74, 6) is -0.381. The fraction of sp³-hybridized carbons (Fsp3) is 0.316. The van der Waals surface area contributed by atoms with Gasteiger partial charge in [0.15, 0.2) is 23.9 Å². The van der Waals surface area contributed by atoms with Crippen molar-refractivity contribution in [3.05, 3.63) is 48.1 Å². The Hall–Kier alpha value is -3.63. The number of nitrogens with zero attached hydrogens (tertiary/aromatic N) is 8. The van der Waals surface area contributed by atoms with E-state index in [9.17, 15) is 8.78 Å². The summed E-state index contributed by atoms with van der Waals surface area (Å²) in [4.78, 5) is 6.33. The summed E-state index contributed by atoms with van der Waals surface area (Å²) in [6.45, 7) is 1.88. The summed E-state index contributed by atoms with van der Waals surface area (Å²) in [5.41, 5.74) is 1.33. The highest BCUT2D eigenvalue weighted by molar-refractivity contribution is 5.66. The van der Waals surface area contributed by atoms with E-state index in [-0.39, 0.29) is 18.0 Å². The summed E-state index contributed by atoms with van der Waals surface area (Å²) < 4.78 is 36.6. The smallest absolute Gasteiger partial charge is 0.256 e. The third-order valence-corrected chi connectivity index (χ3v) is 4.94. The maximum atomic E-state index is 14.3. The van der Waals surface area contributed by atoms with Crippen LogP contribution in [-0.4, -0.2) is 47.7 Å². The van der Waals surface area contributed by atoms with Crippen LogP contribution in [0, 0.1) is 11.6 Å². The molecule has 1 fully saturated rings. The maximum absolute atomic E-state index is 14.3. The molecule has 0 aliphatic carbocycles. The van der Waals surface area contributed by atoms with Crippen molar-refractivity contribution in [1.29, 1.82) is 0 Å². The lowest BCUT2D eigenvalue weighted by atomic mass is 10.2. The number of aromatic nitrogens is 7. The molecule has 0 bridgehead atoms. The molecule has 3 aromatic heterocycles. The molecule has 1 saturated heterocycles. The van der Waals surface area contributed by atoms with E-state index in [2.05, 4.69) is 30.3 Å². The van der Waals surface area contributed by atoms with E-state index in [1.807, 2.05) is 6.07 Å². The van der Waals surface area contributed by atoms with Crippen molar-refractivity contribution in [2.45, 2.75) is 19.4 Å². The minimum Gasteiger partial charge on any atom is -0.467 e. The van der Waals surface area contributed by atoms with Crippen LogP contribution in [0.1, 0.15) is 18.7 Å². The first-order valence-corrected chi connectivity index (χ1v) is 9.52. The molecule has 30 heavy (non-hydrogen) atoms. The van der Waals surface area contributed by atoms with Gasteiger partial charge in [0.1, 0.15) is 23.6 Å². The molecule has 0 spiro atoms. The van der Waals surface area contributed by atoms with Crippen LogP contribution in [-0.2, 0) is 13.7 Å². The zero-order valence-corrected chi connectivity index (χ0v) is 16.2. The molecule has 0 N–H and O–H groups in total. The number of benzene rings is 1. The van der Waals surface area contributed by atoms with E-state index in [0.29, 0.717) is 17.4 Å². The number of hydrogen-bond acceptors (Lipinski definition) is 7. The lowest BCUT2D eigenvalue weighted by Gasteiger charge is -2.20. The highest BCUT2D eigenvalue weighted by Gasteiger charge is 2.22. The van der Waals surface area contributed by atoms with Crippen molar-refractivity contribution in [2.75, 3.05) is 18.0 Å².